The number of hydrogen-bond acceptors (Lipinski definition) is 2. The largest absolute Gasteiger partial charge is 0.452 e. The maximum absolute atomic E-state index is 12.2. The van der Waals surface area contributed by atoms with E-state index in [0.29, 0.717) is 0 Å². The van der Waals surface area contributed by atoms with Crippen molar-refractivity contribution in [2.75, 3.05) is 12.0 Å². The first kappa shape index (κ1) is 15.3. The number of rotatable bonds is 3. The second-order valence-electron chi connectivity index (χ2n) is 4.43. The fourth-order valence-corrected chi connectivity index (χ4v) is 2.29. The van der Waals surface area contributed by atoms with Crippen molar-refractivity contribution < 1.29 is 9.53 Å². The summed E-state index contributed by atoms with van der Waals surface area (Å²) in [6, 6.07) is 17.1. The Morgan fingerprint density at radius 3 is 2.33 bits per heavy atom. The lowest BCUT2D eigenvalue weighted by Crippen LogP contribution is -2.26. The lowest BCUT2D eigenvalue weighted by Gasteiger charge is -2.23. The number of methoxy groups -OCH3 is 1. The minimum Gasteiger partial charge on any atom is -0.452 e. The molecule has 0 saturated carbocycles. The van der Waals surface area contributed by atoms with Gasteiger partial charge in [0.25, 0.3) is 0 Å². The predicted molar refractivity (Wildman–Crippen MR) is 90.0 cm³/mol. The van der Waals surface area contributed by atoms with Crippen molar-refractivity contribution in [2.24, 2.45) is 0 Å². The molecule has 0 unspecified atom stereocenters. The molecule has 0 fully saturated rings. The van der Waals surface area contributed by atoms with Crippen molar-refractivity contribution in [1.82, 2.24) is 0 Å². The van der Waals surface area contributed by atoms with Gasteiger partial charge in [-0.15, -0.1) is 0 Å². The number of anilines is 2. The average molecular weight is 346 g/mol. The number of carbonyl (C=O) groups excluding carboxylic acids is 1. The molecule has 0 saturated heterocycles. The van der Waals surface area contributed by atoms with Crippen LogP contribution in [0.3, 0.4) is 0 Å². The average Bonchev–Trinajstić information content (AvgIpc) is 2.49. The lowest BCUT2D eigenvalue weighted by atomic mass is 10.1. The second-order valence-corrected chi connectivity index (χ2v) is 5.68. The van der Waals surface area contributed by atoms with Crippen LogP contribution in [0.5, 0.6) is 0 Å². The van der Waals surface area contributed by atoms with E-state index in [4.69, 9.17) is 4.74 Å². The van der Waals surface area contributed by atoms with Crippen LogP contribution in [0.15, 0.2) is 59.1 Å². The summed E-state index contributed by atoms with van der Waals surface area (Å²) in [5.74, 6) is 0. The molecule has 0 bridgehead atoms. The molecule has 21 heavy (non-hydrogen) atoms. The van der Waals surface area contributed by atoms with Gasteiger partial charge < -0.3 is 4.74 Å². The number of allylic oxidation sites excluding steroid dienone is 1. The molecule has 0 aromatic heterocycles. The molecule has 2 aromatic rings. The van der Waals surface area contributed by atoms with Gasteiger partial charge in [-0.25, -0.2) is 9.69 Å². The smallest absolute Gasteiger partial charge is 0.418 e. The summed E-state index contributed by atoms with van der Waals surface area (Å²) < 4.78 is 5.92. The summed E-state index contributed by atoms with van der Waals surface area (Å²) >= 11 is 3.43. The molecule has 0 radical (unpaired) electrons. The fraction of sp³-hybridized carbons (Fsp3) is 0.118. The molecule has 0 atom stereocenters. The van der Waals surface area contributed by atoms with Crippen molar-refractivity contribution in [3.8, 4) is 0 Å². The maximum Gasteiger partial charge on any atom is 0.418 e. The van der Waals surface area contributed by atoms with Crippen LogP contribution in [0.4, 0.5) is 16.2 Å². The molecule has 108 valence electrons. The highest BCUT2D eigenvalue weighted by molar-refractivity contribution is 9.11. The van der Waals surface area contributed by atoms with E-state index in [-0.39, 0.29) is 0 Å². The van der Waals surface area contributed by atoms with Crippen molar-refractivity contribution >= 4 is 39.5 Å². The van der Waals surface area contributed by atoms with Crippen molar-refractivity contribution in [3.05, 3.63) is 64.6 Å². The summed E-state index contributed by atoms with van der Waals surface area (Å²) in [6.07, 6.45) is 1.54. The molecule has 0 aliphatic carbocycles. The number of halogens is 1. The van der Waals surface area contributed by atoms with Gasteiger partial charge in [-0.2, -0.15) is 0 Å². The van der Waals surface area contributed by atoms with Gasteiger partial charge >= 0.3 is 6.09 Å². The Kier molecular flexibility index (Phi) is 5.17. The van der Waals surface area contributed by atoms with Gasteiger partial charge in [0, 0.05) is 0 Å². The zero-order valence-electron chi connectivity index (χ0n) is 11.9. The van der Waals surface area contributed by atoms with E-state index in [1.807, 2.05) is 67.6 Å². The lowest BCUT2D eigenvalue weighted by molar-refractivity contribution is 0.181. The van der Waals surface area contributed by atoms with Gasteiger partial charge in [0.05, 0.1) is 18.5 Å². The summed E-state index contributed by atoms with van der Waals surface area (Å²) in [7, 11) is 1.38. The zero-order chi connectivity index (χ0) is 15.2. The van der Waals surface area contributed by atoms with Gasteiger partial charge in [0.1, 0.15) is 0 Å². The Labute approximate surface area is 133 Å². The van der Waals surface area contributed by atoms with E-state index in [1.165, 1.54) is 7.11 Å². The summed E-state index contributed by atoms with van der Waals surface area (Å²) in [5.41, 5.74) is 2.47. The molecular weight excluding hydrogens is 330 g/mol. The van der Waals surface area contributed by atoms with Crippen molar-refractivity contribution in [2.45, 2.75) is 6.92 Å². The van der Waals surface area contributed by atoms with Crippen molar-refractivity contribution in [3.63, 3.8) is 0 Å². The standard InChI is InChI=1S/C17H16BrNO2/c1-13(18)12-14-8-6-7-11-16(14)19(17(20)21-2)15-9-4-3-5-10-15/h3-12H,1-2H3/b13-12+. The Bertz CT molecular complexity index is 649. The maximum atomic E-state index is 12.2. The van der Waals surface area contributed by atoms with E-state index in [9.17, 15) is 4.79 Å². The molecule has 2 aromatic carbocycles. The van der Waals surface area contributed by atoms with E-state index < -0.39 is 6.09 Å². The topological polar surface area (TPSA) is 29.5 Å². The third-order valence-corrected chi connectivity index (χ3v) is 3.13. The summed E-state index contributed by atoms with van der Waals surface area (Å²) in [6.45, 7) is 1.95. The van der Waals surface area contributed by atoms with Crippen LogP contribution in [0.25, 0.3) is 6.08 Å². The number of ether oxygens (including phenoxy) is 1. The predicted octanol–water partition coefficient (Wildman–Crippen LogP) is 5.35. The summed E-state index contributed by atoms with van der Waals surface area (Å²) in [4.78, 5) is 13.8. The van der Waals surface area contributed by atoms with E-state index >= 15 is 0 Å². The van der Waals surface area contributed by atoms with Crippen LogP contribution in [-0.2, 0) is 4.74 Å². The SMILES string of the molecule is COC(=O)N(c1ccccc1)c1ccccc1/C=C(\C)Br. The molecule has 0 heterocycles. The first-order valence-electron chi connectivity index (χ1n) is 6.49. The van der Waals surface area contributed by atoms with Crippen LogP contribution in [0.2, 0.25) is 0 Å². The first-order chi connectivity index (χ1) is 10.1. The van der Waals surface area contributed by atoms with Crippen LogP contribution in [0.1, 0.15) is 12.5 Å². The molecule has 0 N–H and O–H groups in total. The van der Waals surface area contributed by atoms with Crippen LogP contribution in [-0.4, -0.2) is 13.2 Å². The molecule has 4 heteroatoms. The molecule has 0 spiro atoms. The number of amides is 1. The quantitative estimate of drug-likeness (QED) is 0.750. The van der Waals surface area contributed by atoms with Crippen LogP contribution in [0, 0.1) is 0 Å². The Morgan fingerprint density at radius 2 is 1.71 bits per heavy atom. The molecule has 1 amide bonds. The number of benzene rings is 2. The van der Waals surface area contributed by atoms with Crippen LogP contribution < -0.4 is 4.90 Å². The van der Waals surface area contributed by atoms with Gasteiger partial charge in [-0.3, -0.25) is 0 Å². The number of carbonyl (C=O) groups is 1. The fourth-order valence-electron chi connectivity index (χ4n) is 2.04. The Balaban J connectivity index is 2.58. The van der Waals surface area contributed by atoms with Crippen molar-refractivity contribution in [1.29, 1.82) is 0 Å². The molecule has 3 nitrogen and oxygen atoms in total. The molecular formula is C17H16BrNO2. The Hall–Kier alpha value is -2.07. The number of nitrogens with zero attached hydrogens (tertiary/aromatic N) is 1. The van der Waals surface area contributed by atoms with Gasteiger partial charge in [-0.1, -0.05) is 52.3 Å². The monoisotopic (exact) mass is 345 g/mol. The third-order valence-electron chi connectivity index (χ3n) is 2.90. The van der Waals surface area contributed by atoms with E-state index in [2.05, 4.69) is 15.9 Å². The number of hydrogen-bond donors (Lipinski definition) is 0. The first-order valence-corrected chi connectivity index (χ1v) is 7.28. The molecule has 2 rings (SSSR count). The van der Waals surface area contributed by atoms with E-state index in [1.54, 1.807) is 4.90 Å². The van der Waals surface area contributed by atoms with Gasteiger partial charge in [0.2, 0.25) is 0 Å². The van der Waals surface area contributed by atoms with Crippen LogP contribution >= 0.6 is 15.9 Å². The zero-order valence-corrected chi connectivity index (χ0v) is 13.5. The normalized spacial score (nSPS) is 11.1. The molecule has 0 aliphatic rings. The van der Waals surface area contributed by atoms with Gasteiger partial charge in [-0.05, 0) is 41.2 Å². The minimum atomic E-state index is -0.422. The highest BCUT2D eigenvalue weighted by atomic mass is 79.9. The highest BCUT2D eigenvalue weighted by Crippen LogP contribution is 2.31. The Morgan fingerprint density at radius 1 is 1.10 bits per heavy atom. The third kappa shape index (κ3) is 3.73. The van der Waals surface area contributed by atoms with Gasteiger partial charge in [0.15, 0.2) is 0 Å². The molecule has 0 aliphatic heterocycles. The minimum absolute atomic E-state index is 0.422. The highest BCUT2D eigenvalue weighted by Gasteiger charge is 2.20. The van der Waals surface area contributed by atoms with E-state index in [0.717, 1.165) is 21.4 Å². The second kappa shape index (κ2) is 7.09. The number of para-hydroxylation sites is 2. The summed E-state index contributed by atoms with van der Waals surface area (Å²) in [5, 5.41) is 0.